The first kappa shape index (κ1) is 14.6. The number of rotatable bonds is 3. The van der Waals surface area contributed by atoms with Crippen LogP contribution in [0.15, 0.2) is 23.1 Å². The average Bonchev–Trinajstić information content (AvgIpc) is 2.16. The second-order valence-electron chi connectivity index (χ2n) is 2.44. The number of hydrogen-bond acceptors (Lipinski definition) is 3. The number of ether oxygens (including phenoxy) is 1. The Labute approximate surface area is 100 Å². The molecule has 0 amide bonds. The summed E-state index contributed by atoms with van der Waals surface area (Å²) in [5.41, 5.74) is -0.544. The number of benzene rings is 1. The van der Waals surface area contributed by atoms with Crippen LogP contribution >= 0.6 is 0 Å². The van der Waals surface area contributed by atoms with E-state index in [1.165, 1.54) is 13.2 Å². The van der Waals surface area contributed by atoms with Gasteiger partial charge in [-0.05, 0) is 29.3 Å². The van der Waals surface area contributed by atoms with Gasteiger partial charge in [0.1, 0.15) is 5.75 Å². The van der Waals surface area contributed by atoms with Gasteiger partial charge in [-0.2, -0.15) is 0 Å². The molecule has 78 valence electrons. The number of methoxy groups -OCH3 is 1. The third-order valence-corrected chi connectivity index (χ3v) is 2.36. The van der Waals surface area contributed by atoms with Crippen molar-refractivity contribution in [3.05, 3.63) is 23.8 Å². The summed E-state index contributed by atoms with van der Waals surface area (Å²) in [4.78, 5) is -0.402. The quantitative estimate of drug-likeness (QED) is 0.486. The molecule has 0 radical (unpaired) electrons. The largest absolute Gasteiger partial charge is 1.00 e. The van der Waals surface area contributed by atoms with Gasteiger partial charge < -0.3 is 9.29 Å². The van der Waals surface area contributed by atoms with Crippen molar-refractivity contribution in [2.75, 3.05) is 7.11 Å². The van der Waals surface area contributed by atoms with Gasteiger partial charge in [-0.3, -0.25) is 4.21 Å². The second-order valence-corrected chi connectivity index (χ2v) is 3.35. The standard InChI is InChI=1S/C8H8F2O3S.Li/c1-13-5-2-3-7(14(11)12)6(4-5)8(9)10;/h2-4,8H,1H3,(H,11,12);/q;+1/p-1. The Morgan fingerprint density at radius 1 is 1.47 bits per heavy atom. The van der Waals surface area contributed by atoms with Crippen molar-refractivity contribution in [1.29, 1.82) is 0 Å². The molecule has 0 aliphatic carbocycles. The van der Waals surface area contributed by atoms with E-state index in [1.54, 1.807) is 0 Å². The third-order valence-electron chi connectivity index (χ3n) is 1.63. The Hall–Kier alpha value is -0.413. The van der Waals surface area contributed by atoms with Crippen LogP contribution in [0.4, 0.5) is 8.78 Å². The second kappa shape index (κ2) is 6.23. The van der Waals surface area contributed by atoms with Crippen molar-refractivity contribution in [2.45, 2.75) is 11.3 Å². The summed E-state index contributed by atoms with van der Waals surface area (Å²) < 4.78 is 50.6. The van der Waals surface area contributed by atoms with Crippen LogP contribution in [0.2, 0.25) is 0 Å². The summed E-state index contributed by atoms with van der Waals surface area (Å²) in [5.74, 6) is 0.203. The van der Waals surface area contributed by atoms with Crippen LogP contribution in [0.5, 0.6) is 5.75 Å². The summed E-state index contributed by atoms with van der Waals surface area (Å²) in [5, 5.41) is 0. The average molecular weight is 228 g/mol. The number of hydrogen-bond donors (Lipinski definition) is 0. The van der Waals surface area contributed by atoms with Crippen LogP contribution in [0, 0.1) is 0 Å². The molecule has 1 rings (SSSR count). The van der Waals surface area contributed by atoms with Crippen LogP contribution in [0.3, 0.4) is 0 Å². The van der Waals surface area contributed by atoms with E-state index in [-0.39, 0.29) is 24.6 Å². The van der Waals surface area contributed by atoms with Gasteiger partial charge in [-0.25, -0.2) is 8.78 Å². The van der Waals surface area contributed by atoms with E-state index < -0.39 is 28.0 Å². The molecule has 1 aromatic rings. The molecular formula is C8H7F2LiO3S. The molecule has 7 heteroatoms. The Balaban J connectivity index is 0.00000196. The van der Waals surface area contributed by atoms with Crippen molar-refractivity contribution in [3.63, 3.8) is 0 Å². The van der Waals surface area contributed by atoms with Gasteiger partial charge in [0.05, 0.1) is 7.11 Å². The summed E-state index contributed by atoms with van der Waals surface area (Å²) in [6, 6.07) is 3.41. The normalized spacial score (nSPS) is 12.1. The van der Waals surface area contributed by atoms with Gasteiger partial charge in [0.25, 0.3) is 6.43 Å². The van der Waals surface area contributed by atoms with E-state index in [4.69, 9.17) is 4.74 Å². The minimum atomic E-state index is -2.84. The molecular weight excluding hydrogens is 221 g/mol. The Kier molecular flexibility index (Phi) is 6.06. The molecule has 0 bridgehead atoms. The maximum absolute atomic E-state index is 12.4. The molecule has 0 aliphatic rings. The Morgan fingerprint density at radius 2 is 2.07 bits per heavy atom. The summed E-state index contributed by atoms with van der Waals surface area (Å²) in [6.07, 6.45) is -2.84. The van der Waals surface area contributed by atoms with Gasteiger partial charge in [-0.1, -0.05) is 0 Å². The molecule has 1 atom stereocenters. The van der Waals surface area contributed by atoms with Gasteiger partial charge in [0.15, 0.2) is 0 Å². The number of alkyl halides is 2. The van der Waals surface area contributed by atoms with Crippen LogP contribution < -0.4 is 23.6 Å². The van der Waals surface area contributed by atoms with Crippen molar-refractivity contribution < 1.29 is 41.1 Å². The van der Waals surface area contributed by atoms with Crippen LogP contribution in [0.1, 0.15) is 12.0 Å². The van der Waals surface area contributed by atoms with E-state index in [0.717, 1.165) is 12.1 Å². The fourth-order valence-electron chi connectivity index (χ4n) is 0.976. The van der Waals surface area contributed by atoms with E-state index in [1.807, 2.05) is 0 Å². The third kappa shape index (κ3) is 3.58. The zero-order valence-corrected chi connectivity index (χ0v) is 9.01. The first-order valence-corrected chi connectivity index (χ1v) is 4.69. The number of halogens is 2. The molecule has 0 saturated carbocycles. The zero-order chi connectivity index (χ0) is 10.7. The van der Waals surface area contributed by atoms with E-state index in [9.17, 15) is 17.5 Å². The van der Waals surface area contributed by atoms with E-state index in [2.05, 4.69) is 0 Å². The minimum absolute atomic E-state index is 0. The van der Waals surface area contributed by atoms with Crippen LogP contribution in [-0.4, -0.2) is 15.9 Å². The minimum Gasteiger partial charge on any atom is -0.768 e. The van der Waals surface area contributed by atoms with Crippen LogP contribution in [-0.2, 0) is 11.1 Å². The molecule has 0 aliphatic heterocycles. The predicted molar refractivity (Wildman–Crippen MR) is 45.1 cm³/mol. The molecule has 0 saturated heterocycles. The maximum atomic E-state index is 12.4. The zero-order valence-electron chi connectivity index (χ0n) is 8.20. The predicted octanol–water partition coefficient (Wildman–Crippen LogP) is -1.13. The SMILES string of the molecule is COc1ccc(S(=O)[O-])c(C(F)F)c1.[Li+]. The summed E-state index contributed by atoms with van der Waals surface area (Å²) in [7, 11) is 1.32. The van der Waals surface area contributed by atoms with Gasteiger partial charge in [-0.15, -0.1) is 0 Å². The van der Waals surface area contributed by atoms with Gasteiger partial charge >= 0.3 is 18.9 Å². The molecule has 0 heterocycles. The first-order chi connectivity index (χ1) is 6.56. The van der Waals surface area contributed by atoms with Crippen molar-refractivity contribution in [3.8, 4) is 5.75 Å². The molecule has 15 heavy (non-hydrogen) atoms. The smallest absolute Gasteiger partial charge is 0.768 e. The molecule has 1 unspecified atom stereocenters. The Morgan fingerprint density at radius 3 is 2.47 bits per heavy atom. The van der Waals surface area contributed by atoms with E-state index >= 15 is 0 Å². The monoisotopic (exact) mass is 228 g/mol. The Bertz CT molecular complexity index is 360. The van der Waals surface area contributed by atoms with E-state index in [0.29, 0.717) is 0 Å². The van der Waals surface area contributed by atoms with Gasteiger partial charge in [0, 0.05) is 10.5 Å². The molecule has 0 N–H and O–H groups in total. The fourth-order valence-corrected chi connectivity index (χ4v) is 1.50. The van der Waals surface area contributed by atoms with Crippen LogP contribution in [0.25, 0.3) is 0 Å². The topological polar surface area (TPSA) is 49.4 Å². The van der Waals surface area contributed by atoms with Crippen molar-refractivity contribution in [2.24, 2.45) is 0 Å². The first-order valence-electron chi connectivity index (χ1n) is 3.61. The molecule has 0 aromatic heterocycles. The van der Waals surface area contributed by atoms with Crippen molar-refractivity contribution in [1.82, 2.24) is 0 Å². The fraction of sp³-hybridized carbons (Fsp3) is 0.250. The molecule has 1 aromatic carbocycles. The maximum Gasteiger partial charge on any atom is 1.00 e. The molecule has 3 nitrogen and oxygen atoms in total. The summed E-state index contributed by atoms with van der Waals surface area (Å²) in [6.45, 7) is 0. The molecule has 0 spiro atoms. The molecule has 0 fully saturated rings. The van der Waals surface area contributed by atoms with Crippen molar-refractivity contribution >= 4 is 11.1 Å². The van der Waals surface area contributed by atoms with Gasteiger partial charge in [0.2, 0.25) is 0 Å². The summed E-state index contributed by atoms with van der Waals surface area (Å²) >= 11 is -2.66.